The van der Waals surface area contributed by atoms with Crippen molar-refractivity contribution in [2.24, 2.45) is 0 Å². The highest BCUT2D eigenvalue weighted by Gasteiger charge is 2.23. The third kappa shape index (κ3) is 5.13. The minimum Gasteiger partial charge on any atom is -0.495 e. The van der Waals surface area contributed by atoms with E-state index in [9.17, 15) is 9.90 Å². The molecule has 0 saturated carbocycles. The van der Waals surface area contributed by atoms with Crippen LogP contribution in [0.1, 0.15) is 38.0 Å². The zero-order valence-corrected chi connectivity index (χ0v) is 17.3. The highest BCUT2D eigenvalue weighted by Crippen LogP contribution is 2.38. The molecule has 26 heavy (non-hydrogen) atoms. The number of carbonyl (C=O) groups is 1. The number of ether oxygens (including phenoxy) is 2. The van der Waals surface area contributed by atoms with Crippen LogP contribution in [0.15, 0.2) is 40.9 Å². The van der Waals surface area contributed by atoms with Gasteiger partial charge in [-0.3, -0.25) is 5.32 Å². The van der Waals surface area contributed by atoms with Gasteiger partial charge in [0.2, 0.25) is 0 Å². The number of nitrogens with one attached hydrogen (secondary N) is 1. The Morgan fingerprint density at radius 1 is 1.23 bits per heavy atom. The Morgan fingerprint density at radius 3 is 2.54 bits per heavy atom. The molecule has 0 fully saturated rings. The van der Waals surface area contributed by atoms with Gasteiger partial charge >= 0.3 is 6.09 Å². The van der Waals surface area contributed by atoms with Gasteiger partial charge in [0.15, 0.2) is 0 Å². The molecule has 7 heteroatoms. The Morgan fingerprint density at radius 2 is 1.92 bits per heavy atom. The van der Waals surface area contributed by atoms with E-state index >= 15 is 0 Å². The van der Waals surface area contributed by atoms with E-state index in [4.69, 9.17) is 21.1 Å². The van der Waals surface area contributed by atoms with Gasteiger partial charge in [-0.2, -0.15) is 0 Å². The smallest absolute Gasteiger partial charge is 0.412 e. The summed E-state index contributed by atoms with van der Waals surface area (Å²) < 4.78 is 11.4. The molecule has 0 aliphatic rings. The van der Waals surface area contributed by atoms with E-state index in [1.54, 1.807) is 51.1 Å². The average molecular weight is 443 g/mol. The van der Waals surface area contributed by atoms with Crippen LogP contribution >= 0.6 is 27.5 Å². The topological polar surface area (TPSA) is 67.8 Å². The molecule has 2 N–H and O–H groups in total. The van der Waals surface area contributed by atoms with Gasteiger partial charge < -0.3 is 14.6 Å². The molecule has 1 atom stereocenters. The molecular formula is C19H21BrClNO4. The van der Waals surface area contributed by atoms with Crippen LogP contribution in [-0.2, 0) is 4.74 Å². The van der Waals surface area contributed by atoms with Gasteiger partial charge in [-0.05, 0) is 61.0 Å². The third-order valence-electron chi connectivity index (χ3n) is 3.44. The largest absolute Gasteiger partial charge is 0.495 e. The van der Waals surface area contributed by atoms with Gasteiger partial charge in [-0.1, -0.05) is 23.7 Å². The van der Waals surface area contributed by atoms with Crippen molar-refractivity contribution in [1.29, 1.82) is 0 Å². The number of rotatable bonds is 4. The fourth-order valence-corrected chi connectivity index (χ4v) is 3.13. The van der Waals surface area contributed by atoms with E-state index in [0.29, 0.717) is 32.1 Å². The summed E-state index contributed by atoms with van der Waals surface area (Å²) in [5.74, 6) is 0.503. The number of aliphatic hydroxyl groups is 1. The van der Waals surface area contributed by atoms with Crippen LogP contribution in [0.4, 0.5) is 10.5 Å². The summed E-state index contributed by atoms with van der Waals surface area (Å²) in [6, 6.07) is 10.2. The van der Waals surface area contributed by atoms with Gasteiger partial charge in [-0.25, -0.2) is 4.79 Å². The van der Waals surface area contributed by atoms with E-state index in [0.717, 1.165) is 0 Å². The quantitative estimate of drug-likeness (QED) is 0.652. The summed E-state index contributed by atoms with van der Waals surface area (Å²) in [5, 5.41) is 14.0. The highest BCUT2D eigenvalue weighted by molar-refractivity contribution is 9.10. The van der Waals surface area contributed by atoms with Crippen molar-refractivity contribution >= 4 is 39.3 Å². The molecule has 5 nitrogen and oxygen atoms in total. The fourth-order valence-electron chi connectivity index (χ4n) is 2.41. The van der Waals surface area contributed by atoms with Gasteiger partial charge in [0.1, 0.15) is 17.5 Å². The van der Waals surface area contributed by atoms with Crippen molar-refractivity contribution in [3.05, 3.63) is 57.0 Å². The first-order valence-electron chi connectivity index (χ1n) is 7.92. The molecule has 1 unspecified atom stereocenters. The van der Waals surface area contributed by atoms with Crippen molar-refractivity contribution in [2.45, 2.75) is 32.5 Å². The van der Waals surface area contributed by atoms with Crippen molar-refractivity contribution in [3.8, 4) is 5.75 Å². The summed E-state index contributed by atoms with van der Waals surface area (Å²) in [6.07, 6.45) is -1.68. The number of hydrogen-bond acceptors (Lipinski definition) is 4. The summed E-state index contributed by atoms with van der Waals surface area (Å²) in [6.45, 7) is 5.32. The lowest BCUT2D eigenvalue weighted by atomic mass is 9.99. The minimum absolute atomic E-state index is 0.401. The molecule has 140 valence electrons. The normalized spacial score (nSPS) is 12.4. The van der Waals surface area contributed by atoms with Gasteiger partial charge in [0.05, 0.1) is 17.3 Å². The van der Waals surface area contributed by atoms with E-state index in [-0.39, 0.29) is 0 Å². The van der Waals surface area contributed by atoms with E-state index in [1.165, 1.54) is 7.11 Å². The standard InChI is InChI=1S/C19H21BrClNO4/c1-19(2,3)26-18(24)22-15-9-8-11(21)10-13(15)16(23)12-6-5-7-14(20)17(12)25-4/h5-10,16,23H,1-4H3,(H,22,24). The summed E-state index contributed by atoms with van der Waals surface area (Å²) >= 11 is 9.50. The van der Waals surface area contributed by atoms with Gasteiger partial charge in [0, 0.05) is 16.1 Å². The molecule has 2 aromatic carbocycles. The van der Waals surface area contributed by atoms with Crippen LogP contribution in [-0.4, -0.2) is 23.9 Å². The highest BCUT2D eigenvalue weighted by atomic mass is 79.9. The minimum atomic E-state index is -1.06. The van der Waals surface area contributed by atoms with Gasteiger partial charge in [-0.15, -0.1) is 0 Å². The number of amides is 1. The van der Waals surface area contributed by atoms with E-state index < -0.39 is 17.8 Å². The lowest BCUT2D eigenvalue weighted by molar-refractivity contribution is 0.0635. The van der Waals surface area contributed by atoms with Crippen LogP contribution in [0.25, 0.3) is 0 Å². The molecule has 0 radical (unpaired) electrons. The lowest BCUT2D eigenvalue weighted by Crippen LogP contribution is -2.27. The number of hydrogen-bond donors (Lipinski definition) is 2. The first-order valence-corrected chi connectivity index (χ1v) is 9.09. The van der Waals surface area contributed by atoms with Crippen LogP contribution < -0.4 is 10.1 Å². The maximum Gasteiger partial charge on any atom is 0.412 e. The fraction of sp³-hybridized carbons (Fsp3) is 0.316. The molecule has 0 aliphatic heterocycles. The first kappa shape index (κ1) is 20.6. The second-order valence-electron chi connectivity index (χ2n) is 6.62. The van der Waals surface area contributed by atoms with Crippen molar-refractivity contribution in [3.63, 3.8) is 0 Å². The molecule has 2 rings (SSSR count). The molecule has 0 bridgehead atoms. The number of methoxy groups -OCH3 is 1. The van der Waals surface area contributed by atoms with Crippen molar-refractivity contribution in [2.75, 3.05) is 12.4 Å². The number of para-hydroxylation sites is 1. The number of anilines is 1. The first-order chi connectivity index (χ1) is 12.1. The lowest BCUT2D eigenvalue weighted by Gasteiger charge is -2.22. The third-order valence-corrected chi connectivity index (χ3v) is 4.30. The Labute approximate surface area is 166 Å². The predicted molar refractivity (Wildman–Crippen MR) is 106 cm³/mol. The van der Waals surface area contributed by atoms with Crippen LogP contribution in [0.2, 0.25) is 5.02 Å². The molecule has 2 aromatic rings. The van der Waals surface area contributed by atoms with E-state index in [1.807, 2.05) is 6.07 Å². The summed E-state index contributed by atoms with van der Waals surface area (Å²) in [7, 11) is 1.52. The molecule has 1 amide bonds. The molecule has 0 heterocycles. The molecule has 0 aliphatic carbocycles. The van der Waals surface area contributed by atoms with Gasteiger partial charge in [0.25, 0.3) is 0 Å². The van der Waals surface area contributed by atoms with Crippen LogP contribution in [0.5, 0.6) is 5.75 Å². The molecular weight excluding hydrogens is 422 g/mol. The van der Waals surface area contributed by atoms with Crippen LogP contribution in [0, 0.1) is 0 Å². The number of carbonyl (C=O) groups excluding carboxylic acids is 1. The monoisotopic (exact) mass is 441 g/mol. The molecule has 0 saturated heterocycles. The van der Waals surface area contributed by atoms with Crippen molar-refractivity contribution < 1.29 is 19.4 Å². The second-order valence-corrected chi connectivity index (χ2v) is 7.91. The molecule has 0 spiro atoms. The van der Waals surface area contributed by atoms with Crippen molar-refractivity contribution in [1.82, 2.24) is 0 Å². The maximum absolute atomic E-state index is 12.1. The Bertz CT molecular complexity index is 805. The average Bonchev–Trinajstić information content (AvgIpc) is 2.53. The zero-order chi connectivity index (χ0) is 19.5. The number of benzene rings is 2. The SMILES string of the molecule is COc1c(Br)cccc1C(O)c1cc(Cl)ccc1NC(=O)OC(C)(C)C. The summed E-state index contributed by atoms with van der Waals surface area (Å²) in [4.78, 5) is 12.1. The van der Waals surface area contributed by atoms with E-state index in [2.05, 4.69) is 21.2 Å². The Hall–Kier alpha value is -1.76. The predicted octanol–water partition coefficient (Wildman–Crippen LogP) is 5.54. The number of aliphatic hydroxyl groups excluding tert-OH is 1. The summed E-state index contributed by atoms with van der Waals surface area (Å²) in [5.41, 5.74) is 0.734. The number of halogens is 2. The second kappa shape index (κ2) is 8.29. The molecule has 0 aromatic heterocycles. The zero-order valence-electron chi connectivity index (χ0n) is 15.0. The Kier molecular flexibility index (Phi) is 6.55. The van der Waals surface area contributed by atoms with Crippen LogP contribution in [0.3, 0.4) is 0 Å². The Balaban J connectivity index is 2.41. The maximum atomic E-state index is 12.1.